The Balaban J connectivity index is 2.43. The predicted octanol–water partition coefficient (Wildman–Crippen LogP) is 1.69. The van der Waals surface area contributed by atoms with Crippen molar-refractivity contribution < 1.29 is 9.90 Å². The first-order valence-corrected chi connectivity index (χ1v) is 5.52. The molecule has 2 aromatic heterocycles. The highest BCUT2D eigenvalue weighted by Crippen LogP contribution is 2.15. The molecule has 0 saturated heterocycles. The number of nitrogens with zero attached hydrogens (tertiary/aromatic N) is 3. The van der Waals surface area contributed by atoms with Crippen molar-refractivity contribution in [1.29, 1.82) is 0 Å². The number of carboxylic acids is 1. The Morgan fingerprint density at radius 1 is 1.67 bits per heavy atom. The third-order valence-corrected chi connectivity index (χ3v) is 2.75. The Kier molecular flexibility index (Phi) is 2.44. The van der Waals surface area contributed by atoms with Crippen LogP contribution in [0.4, 0.5) is 0 Å². The molecule has 0 aromatic carbocycles. The van der Waals surface area contributed by atoms with Gasteiger partial charge in [0.1, 0.15) is 0 Å². The van der Waals surface area contributed by atoms with Crippen LogP contribution in [0.25, 0.3) is 4.96 Å². The highest BCUT2D eigenvalue weighted by atomic mass is 32.1. The molecule has 1 N–H and O–H groups in total. The van der Waals surface area contributed by atoms with Crippen LogP contribution in [0.2, 0.25) is 0 Å². The molecule has 0 aliphatic rings. The highest BCUT2D eigenvalue weighted by Gasteiger charge is 2.14. The summed E-state index contributed by atoms with van der Waals surface area (Å²) in [7, 11) is 0. The van der Waals surface area contributed by atoms with E-state index in [4.69, 9.17) is 5.11 Å². The van der Waals surface area contributed by atoms with E-state index in [1.54, 1.807) is 5.38 Å². The zero-order chi connectivity index (χ0) is 11.0. The number of hydrogen-bond donors (Lipinski definition) is 1. The zero-order valence-electron chi connectivity index (χ0n) is 8.47. The number of fused-ring (bicyclic) bond motifs is 1. The molecule has 2 rings (SSSR count). The van der Waals surface area contributed by atoms with Gasteiger partial charge in [0, 0.05) is 11.8 Å². The van der Waals surface area contributed by atoms with Gasteiger partial charge in [-0.25, -0.2) is 9.78 Å². The van der Waals surface area contributed by atoms with Crippen molar-refractivity contribution in [3.05, 3.63) is 16.9 Å². The maximum atomic E-state index is 10.8. The third kappa shape index (κ3) is 1.85. The Morgan fingerprint density at radius 3 is 3.00 bits per heavy atom. The fraction of sp³-hybridized carbons (Fsp3) is 0.444. The maximum absolute atomic E-state index is 10.8. The first kappa shape index (κ1) is 10.1. The van der Waals surface area contributed by atoms with Gasteiger partial charge in [-0.15, -0.1) is 16.4 Å². The number of carboxylic acid groups (broad SMARTS) is 1. The van der Waals surface area contributed by atoms with Gasteiger partial charge in [-0.1, -0.05) is 13.8 Å². The van der Waals surface area contributed by atoms with Crippen molar-refractivity contribution >= 4 is 22.3 Å². The summed E-state index contributed by atoms with van der Waals surface area (Å²) in [6.45, 7) is 4.15. The zero-order valence-corrected chi connectivity index (χ0v) is 9.28. The van der Waals surface area contributed by atoms with Gasteiger partial charge in [0.25, 0.3) is 0 Å². The van der Waals surface area contributed by atoms with Crippen LogP contribution in [-0.4, -0.2) is 25.7 Å². The van der Waals surface area contributed by atoms with E-state index in [1.165, 1.54) is 15.9 Å². The van der Waals surface area contributed by atoms with Crippen LogP contribution in [0.3, 0.4) is 0 Å². The van der Waals surface area contributed by atoms with E-state index in [0.717, 1.165) is 6.42 Å². The van der Waals surface area contributed by atoms with Crippen LogP contribution < -0.4 is 0 Å². The average Bonchev–Trinajstić information content (AvgIpc) is 2.60. The van der Waals surface area contributed by atoms with E-state index < -0.39 is 5.97 Å². The summed E-state index contributed by atoms with van der Waals surface area (Å²) < 4.78 is 1.39. The molecule has 0 spiro atoms. The van der Waals surface area contributed by atoms with Crippen molar-refractivity contribution in [2.24, 2.45) is 5.92 Å². The van der Waals surface area contributed by atoms with Gasteiger partial charge >= 0.3 is 5.97 Å². The van der Waals surface area contributed by atoms with E-state index in [9.17, 15) is 4.79 Å². The molecular formula is C9H11N3O2S. The summed E-state index contributed by atoms with van der Waals surface area (Å²) >= 11 is 1.30. The second kappa shape index (κ2) is 3.62. The molecule has 0 aliphatic carbocycles. The Labute approximate surface area is 90.4 Å². The van der Waals surface area contributed by atoms with Crippen molar-refractivity contribution in [1.82, 2.24) is 14.6 Å². The standard InChI is InChI=1S/C9H11N3O2S/c1-5(2)3-7-10-9-12(11-7)6(4-15-9)8(13)14/h4-5H,3H2,1-2H3,(H,13,14). The molecule has 0 atom stereocenters. The predicted molar refractivity (Wildman–Crippen MR) is 56.4 cm³/mol. The monoisotopic (exact) mass is 225 g/mol. The largest absolute Gasteiger partial charge is 0.476 e. The molecule has 0 aliphatic heterocycles. The molecule has 5 nitrogen and oxygen atoms in total. The Bertz CT molecular complexity index is 500. The summed E-state index contributed by atoms with van der Waals surface area (Å²) in [5, 5.41) is 14.6. The van der Waals surface area contributed by atoms with E-state index in [-0.39, 0.29) is 5.69 Å². The van der Waals surface area contributed by atoms with Crippen LogP contribution in [0.5, 0.6) is 0 Å². The van der Waals surface area contributed by atoms with Gasteiger partial charge in [-0.3, -0.25) is 0 Å². The molecule has 0 saturated carbocycles. The number of aromatic nitrogens is 3. The van der Waals surface area contributed by atoms with Gasteiger partial charge < -0.3 is 5.11 Å². The maximum Gasteiger partial charge on any atom is 0.355 e. The normalized spacial score (nSPS) is 11.4. The van der Waals surface area contributed by atoms with Crippen LogP contribution in [-0.2, 0) is 6.42 Å². The first-order chi connectivity index (χ1) is 7.08. The quantitative estimate of drug-likeness (QED) is 0.863. The van der Waals surface area contributed by atoms with Crippen LogP contribution in [0.15, 0.2) is 5.38 Å². The van der Waals surface area contributed by atoms with E-state index in [0.29, 0.717) is 16.7 Å². The summed E-state index contributed by atoms with van der Waals surface area (Å²) in [6, 6.07) is 0. The molecule has 0 unspecified atom stereocenters. The smallest absolute Gasteiger partial charge is 0.355 e. The van der Waals surface area contributed by atoms with Gasteiger partial charge in [-0.05, 0) is 5.92 Å². The summed E-state index contributed by atoms with van der Waals surface area (Å²) in [6.07, 6.45) is 0.771. The fourth-order valence-corrected chi connectivity index (χ4v) is 2.14. The minimum Gasteiger partial charge on any atom is -0.476 e. The molecule has 80 valence electrons. The minimum absolute atomic E-state index is 0.178. The Hall–Kier alpha value is -1.43. The van der Waals surface area contributed by atoms with Crippen LogP contribution >= 0.6 is 11.3 Å². The molecule has 0 amide bonds. The molecule has 0 fully saturated rings. The molecule has 15 heavy (non-hydrogen) atoms. The number of rotatable bonds is 3. The van der Waals surface area contributed by atoms with E-state index in [2.05, 4.69) is 23.9 Å². The van der Waals surface area contributed by atoms with E-state index >= 15 is 0 Å². The van der Waals surface area contributed by atoms with Crippen molar-refractivity contribution in [2.75, 3.05) is 0 Å². The lowest BCUT2D eigenvalue weighted by Crippen LogP contribution is -2.03. The topological polar surface area (TPSA) is 67.5 Å². The lowest BCUT2D eigenvalue weighted by Gasteiger charge is -1.97. The lowest BCUT2D eigenvalue weighted by molar-refractivity contribution is 0.0688. The van der Waals surface area contributed by atoms with Gasteiger partial charge in [0.2, 0.25) is 4.96 Å². The molecule has 0 bridgehead atoms. The lowest BCUT2D eigenvalue weighted by atomic mass is 10.1. The van der Waals surface area contributed by atoms with Crippen LogP contribution in [0.1, 0.15) is 30.2 Å². The summed E-state index contributed by atoms with van der Waals surface area (Å²) in [5.74, 6) is 0.206. The summed E-state index contributed by atoms with van der Waals surface area (Å²) in [5.41, 5.74) is 0.178. The number of aromatic carboxylic acids is 1. The minimum atomic E-state index is -0.970. The number of hydrogen-bond acceptors (Lipinski definition) is 4. The molecule has 0 radical (unpaired) electrons. The molecule has 2 heterocycles. The second-order valence-electron chi connectivity index (χ2n) is 3.75. The Morgan fingerprint density at radius 2 is 2.40 bits per heavy atom. The molecule has 2 aromatic rings. The van der Waals surface area contributed by atoms with Crippen LogP contribution in [0, 0.1) is 5.92 Å². The SMILES string of the molecule is CC(C)Cc1nc2scc(C(=O)O)n2n1. The first-order valence-electron chi connectivity index (χ1n) is 4.64. The number of thiazole rings is 1. The summed E-state index contributed by atoms with van der Waals surface area (Å²) in [4.78, 5) is 15.7. The molecule has 6 heteroatoms. The van der Waals surface area contributed by atoms with Crippen molar-refractivity contribution in [3.8, 4) is 0 Å². The van der Waals surface area contributed by atoms with Gasteiger partial charge in [0.15, 0.2) is 11.5 Å². The highest BCUT2D eigenvalue weighted by molar-refractivity contribution is 7.15. The van der Waals surface area contributed by atoms with Crippen molar-refractivity contribution in [2.45, 2.75) is 20.3 Å². The third-order valence-electron chi connectivity index (χ3n) is 1.94. The fourth-order valence-electron chi connectivity index (χ4n) is 1.32. The van der Waals surface area contributed by atoms with Gasteiger partial charge in [-0.2, -0.15) is 4.52 Å². The molecular weight excluding hydrogens is 214 g/mol. The van der Waals surface area contributed by atoms with E-state index in [1.807, 2.05) is 0 Å². The average molecular weight is 225 g/mol. The number of carbonyl (C=O) groups is 1. The van der Waals surface area contributed by atoms with Crippen molar-refractivity contribution in [3.63, 3.8) is 0 Å². The second-order valence-corrected chi connectivity index (χ2v) is 4.58. The van der Waals surface area contributed by atoms with Gasteiger partial charge in [0.05, 0.1) is 0 Å².